The van der Waals surface area contributed by atoms with Crippen molar-refractivity contribution in [3.05, 3.63) is 35.7 Å². The molecule has 156 valence electrons. The molecule has 1 aliphatic rings. The lowest BCUT2D eigenvalue weighted by atomic mass is 10.0. The molecule has 0 spiro atoms. The van der Waals surface area contributed by atoms with E-state index in [1.54, 1.807) is 18.6 Å². The number of aryl methyl sites for hydroxylation is 1. The molecule has 2 aromatic rings. The maximum absolute atomic E-state index is 12.9. The Morgan fingerprint density at radius 2 is 2.03 bits per heavy atom. The number of nitrogens with one attached hydrogen (secondary N) is 2. The molecule has 1 aliphatic heterocycles. The van der Waals surface area contributed by atoms with Crippen LogP contribution in [0, 0.1) is 12.8 Å². The van der Waals surface area contributed by atoms with Crippen molar-refractivity contribution in [2.75, 3.05) is 5.32 Å². The summed E-state index contributed by atoms with van der Waals surface area (Å²) in [6, 6.07) is 3.55. The predicted octanol–water partition coefficient (Wildman–Crippen LogP) is 2.06. The van der Waals surface area contributed by atoms with Crippen molar-refractivity contribution in [1.82, 2.24) is 14.5 Å². The Labute approximate surface area is 165 Å². The highest BCUT2D eigenvalue weighted by atomic mass is 32.2. The minimum atomic E-state index is -4.42. The van der Waals surface area contributed by atoms with Crippen molar-refractivity contribution >= 4 is 27.5 Å². The van der Waals surface area contributed by atoms with Gasteiger partial charge in [0.25, 0.3) is 21.8 Å². The van der Waals surface area contributed by atoms with Crippen molar-refractivity contribution in [3.8, 4) is 5.75 Å². The molecule has 0 fully saturated rings. The van der Waals surface area contributed by atoms with Gasteiger partial charge in [-0.15, -0.1) is 0 Å². The first-order chi connectivity index (χ1) is 13.5. The van der Waals surface area contributed by atoms with Crippen LogP contribution in [0.5, 0.6) is 5.75 Å². The van der Waals surface area contributed by atoms with Crippen LogP contribution in [0.25, 0.3) is 0 Å². The SMILES string of the molecule is Cc1cc2c(cc1S(=O)(=O)NC(=O)c1ccnn1C(F)F)OC(C(C)C)C(=O)N2. The lowest BCUT2D eigenvalue weighted by molar-refractivity contribution is -0.125. The second-order valence-corrected chi connectivity index (χ2v) is 8.41. The molecular formula is C17H18F2N4O5S. The van der Waals surface area contributed by atoms with E-state index in [0.717, 1.165) is 12.3 Å². The van der Waals surface area contributed by atoms with Gasteiger partial charge >= 0.3 is 6.55 Å². The summed E-state index contributed by atoms with van der Waals surface area (Å²) in [6.45, 7) is 1.90. The average molecular weight is 428 g/mol. The largest absolute Gasteiger partial charge is 0.478 e. The van der Waals surface area contributed by atoms with E-state index in [0.29, 0.717) is 5.69 Å². The molecule has 2 amide bonds. The van der Waals surface area contributed by atoms with Crippen LogP contribution < -0.4 is 14.8 Å². The van der Waals surface area contributed by atoms with Crippen molar-refractivity contribution in [2.24, 2.45) is 5.92 Å². The fourth-order valence-corrected chi connectivity index (χ4v) is 4.07. The number of sulfonamides is 1. The van der Waals surface area contributed by atoms with E-state index in [2.05, 4.69) is 10.4 Å². The molecule has 9 nitrogen and oxygen atoms in total. The quantitative estimate of drug-likeness (QED) is 0.752. The Kier molecular flexibility index (Phi) is 5.30. The molecule has 1 aromatic carbocycles. The van der Waals surface area contributed by atoms with Gasteiger partial charge in [-0.25, -0.2) is 13.1 Å². The Morgan fingerprint density at radius 1 is 1.34 bits per heavy atom. The van der Waals surface area contributed by atoms with Gasteiger partial charge in [-0.05, 0) is 30.5 Å². The number of anilines is 1. The topological polar surface area (TPSA) is 119 Å². The van der Waals surface area contributed by atoms with E-state index in [1.807, 2.05) is 0 Å². The molecule has 3 rings (SSSR count). The summed E-state index contributed by atoms with van der Waals surface area (Å²) >= 11 is 0. The Bertz CT molecular complexity index is 1080. The Hall–Kier alpha value is -3.02. The molecule has 1 atom stereocenters. The zero-order valence-corrected chi connectivity index (χ0v) is 16.5. The predicted molar refractivity (Wildman–Crippen MR) is 97.2 cm³/mol. The summed E-state index contributed by atoms with van der Waals surface area (Å²) in [6.07, 6.45) is 0.149. The van der Waals surface area contributed by atoms with Crippen LogP contribution in [-0.4, -0.2) is 36.1 Å². The number of hydrogen-bond donors (Lipinski definition) is 2. The molecule has 0 bridgehead atoms. The molecule has 0 saturated heterocycles. The molecule has 2 N–H and O–H groups in total. The third kappa shape index (κ3) is 3.92. The van der Waals surface area contributed by atoms with E-state index in [-0.39, 0.29) is 32.7 Å². The van der Waals surface area contributed by atoms with Crippen molar-refractivity contribution < 1.29 is 31.5 Å². The van der Waals surface area contributed by atoms with Crippen LogP contribution in [0.4, 0.5) is 14.5 Å². The highest BCUT2D eigenvalue weighted by molar-refractivity contribution is 7.90. The maximum Gasteiger partial charge on any atom is 0.333 e. The van der Waals surface area contributed by atoms with E-state index in [9.17, 15) is 26.8 Å². The number of hydrogen-bond acceptors (Lipinski definition) is 6. The van der Waals surface area contributed by atoms with Gasteiger partial charge in [0, 0.05) is 12.3 Å². The van der Waals surface area contributed by atoms with Crippen LogP contribution in [0.3, 0.4) is 0 Å². The van der Waals surface area contributed by atoms with E-state index >= 15 is 0 Å². The summed E-state index contributed by atoms with van der Waals surface area (Å²) in [5.41, 5.74) is -0.0914. The molecule has 12 heteroatoms. The number of alkyl halides is 2. The van der Waals surface area contributed by atoms with Gasteiger partial charge in [0.2, 0.25) is 0 Å². The monoisotopic (exact) mass is 428 g/mol. The first kappa shape index (κ1) is 20.7. The van der Waals surface area contributed by atoms with E-state index in [1.165, 1.54) is 19.1 Å². The second-order valence-electron chi connectivity index (χ2n) is 6.76. The third-order valence-corrected chi connectivity index (χ3v) is 5.73. The van der Waals surface area contributed by atoms with Crippen LogP contribution in [0.15, 0.2) is 29.3 Å². The van der Waals surface area contributed by atoms with E-state index < -0.39 is 34.3 Å². The van der Waals surface area contributed by atoms with E-state index in [4.69, 9.17) is 4.74 Å². The van der Waals surface area contributed by atoms with Gasteiger partial charge in [0.05, 0.1) is 10.6 Å². The van der Waals surface area contributed by atoms with Crippen molar-refractivity contribution in [2.45, 2.75) is 38.3 Å². The summed E-state index contributed by atoms with van der Waals surface area (Å²) in [5, 5.41) is 5.95. The van der Waals surface area contributed by atoms with Crippen LogP contribution in [-0.2, 0) is 14.8 Å². The van der Waals surface area contributed by atoms with Crippen LogP contribution in [0.1, 0.15) is 36.4 Å². The number of carbonyl (C=O) groups excluding carboxylic acids is 2. The number of ether oxygens (including phenoxy) is 1. The molecule has 0 saturated carbocycles. The Morgan fingerprint density at radius 3 is 2.66 bits per heavy atom. The third-order valence-electron chi connectivity index (χ3n) is 4.26. The number of halogens is 2. The second kappa shape index (κ2) is 7.43. The smallest absolute Gasteiger partial charge is 0.333 e. The summed E-state index contributed by atoms with van der Waals surface area (Å²) in [7, 11) is -4.42. The number of benzene rings is 1. The first-order valence-corrected chi connectivity index (χ1v) is 10.0. The van der Waals surface area contributed by atoms with Crippen LogP contribution in [0.2, 0.25) is 0 Å². The number of carbonyl (C=O) groups is 2. The highest BCUT2D eigenvalue weighted by Crippen LogP contribution is 2.35. The zero-order chi connectivity index (χ0) is 21.5. The number of rotatable bonds is 5. The minimum Gasteiger partial charge on any atom is -0.478 e. The van der Waals surface area contributed by atoms with Gasteiger partial charge in [0.1, 0.15) is 11.4 Å². The molecule has 1 aromatic heterocycles. The number of aromatic nitrogens is 2. The fraction of sp³-hybridized carbons (Fsp3) is 0.353. The normalized spacial score (nSPS) is 16.4. The fourth-order valence-electron chi connectivity index (χ4n) is 2.87. The summed E-state index contributed by atoms with van der Waals surface area (Å²) in [4.78, 5) is 24.0. The Balaban J connectivity index is 1.93. The lowest BCUT2D eigenvalue weighted by Crippen LogP contribution is -2.40. The first-order valence-electron chi connectivity index (χ1n) is 8.52. The lowest BCUT2D eigenvalue weighted by Gasteiger charge is -2.29. The molecule has 29 heavy (non-hydrogen) atoms. The maximum atomic E-state index is 12.9. The summed E-state index contributed by atoms with van der Waals surface area (Å²) < 4.78 is 58.7. The van der Waals surface area contributed by atoms with Gasteiger partial charge < -0.3 is 10.1 Å². The molecule has 2 heterocycles. The van der Waals surface area contributed by atoms with Crippen molar-refractivity contribution in [1.29, 1.82) is 0 Å². The molecular weight excluding hydrogens is 410 g/mol. The standard InChI is InChI=1S/C17H18F2N4O5S/c1-8(2)14-16(25)21-10-6-9(3)13(7-12(10)28-14)29(26,27)22-15(24)11-4-5-20-23(11)17(18)19/h4-8,14,17H,1-3H3,(H,21,25)(H,22,24). The molecule has 1 unspecified atom stereocenters. The van der Waals surface area contributed by atoms with Crippen LogP contribution >= 0.6 is 0 Å². The van der Waals surface area contributed by atoms with Gasteiger partial charge in [-0.1, -0.05) is 13.8 Å². The highest BCUT2D eigenvalue weighted by Gasteiger charge is 2.32. The number of fused-ring (bicyclic) bond motifs is 1. The van der Waals surface area contributed by atoms with Gasteiger partial charge in [0.15, 0.2) is 6.10 Å². The summed E-state index contributed by atoms with van der Waals surface area (Å²) in [5.74, 6) is -1.65. The average Bonchev–Trinajstić information content (AvgIpc) is 3.10. The number of amides is 2. The van der Waals surface area contributed by atoms with Gasteiger partial charge in [-0.2, -0.15) is 18.6 Å². The number of nitrogens with zero attached hydrogens (tertiary/aromatic N) is 2. The van der Waals surface area contributed by atoms with Gasteiger partial charge in [-0.3, -0.25) is 9.59 Å². The zero-order valence-electron chi connectivity index (χ0n) is 15.6. The minimum absolute atomic E-state index is 0.108. The molecule has 0 radical (unpaired) electrons. The van der Waals surface area contributed by atoms with Crippen molar-refractivity contribution in [3.63, 3.8) is 0 Å². The molecule has 0 aliphatic carbocycles.